The first-order valence-electron chi connectivity index (χ1n) is 9.13. The maximum absolute atomic E-state index is 12.2. The van der Waals surface area contributed by atoms with Crippen molar-refractivity contribution >= 4 is 28.5 Å². The Morgan fingerprint density at radius 2 is 1.90 bits per heavy atom. The molecule has 1 N–H and O–H groups in total. The van der Waals surface area contributed by atoms with Gasteiger partial charge in [0.2, 0.25) is 5.91 Å². The quantitative estimate of drug-likeness (QED) is 0.386. The molecule has 0 fully saturated rings. The lowest BCUT2D eigenvalue weighted by Crippen LogP contribution is -2.07. The summed E-state index contributed by atoms with van der Waals surface area (Å²) in [6.45, 7) is 4.07. The van der Waals surface area contributed by atoms with E-state index in [4.69, 9.17) is 14.2 Å². The third-order valence-corrected chi connectivity index (χ3v) is 4.85. The fourth-order valence-electron chi connectivity index (χ4n) is 2.61. The Labute approximate surface area is 179 Å². The van der Waals surface area contributed by atoms with Gasteiger partial charge in [-0.3, -0.25) is 10.1 Å². The molecule has 0 aliphatic rings. The van der Waals surface area contributed by atoms with Gasteiger partial charge in [-0.15, -0.1) is 11.3 Å². The number of anilines is 1. The zero-order valence-electron chi connectivity index (χ0n) is 16.8. The first-order valence-corrected chi connectivity index (χ1v) is 10.0. The van der Waals surface area contributed by atoms with Crippen molar-refractivity contribution in [3.63, 3.8) is 0 Å². The predicted octanol–water partition coefficient (Wildman–Crippen LogP) is 5.04. The molecule has 154 valence electrons. The summed E-state index contributed by atoms with van der Waals surface area (Å²) < 4.78 is 16.0. The maximum Gasteiger partial charge on any atom is 0.250 e. The average Bonchev–Trinajstić information content (AvgIpc) is 3.24. The summed E-state index contributed by atoms with van der Waals surface area (Å²) in [6, 6.07) is 13.0. The minimum absolute atomic E-state index is 0.254. The van der Waals surface area contributed by atoms with Crippen LogP contribution in [0.25, 0.3) is 17.3 Å². The minimum Gasteiger partial charge on any atom is -0.493 e. The van der Waals surface area contributed by atoms with Gasteiger partial charge >= 0.3 is 0 Å². The monoisotopic (exact) mass is 422 g/mol. The molecule has 0 atom stereocenters. The first kappa shape index (κ1) is 21.1. The molecule has 0 aliphatic carbocycles. The van der Waals surface area contributed by atoms with E-state index in [1.165, 1.54) is 17.4 Å². The number of carbonyl (C=O) groups is 1. The van der Waals surface area contributed by atoms with Crippen LogP contribution >= 0.6 is 11.3 Å². The molecule has 1 amide bonds. The summed E-state index contributed by atoms with van der Waals surface area (Å²) >= 11 is 1.35. The smallest absolute Gasteiger partial charge is 0.250 e. The van der Waals surface area contributed by atoms with Gasteiger partial charge in [0.15, 0.2) is 16.6 Å². The number of amides is 1. The summed E-state index contributed by atoms with van der Waals surface area (Å²) in [5, 5.41) is 5.18. The number of ether oxygens (including phenoxy) is 3. The Morgan fingerprint density at radius 3 is 2.60 bits per heavy atom. The molecule has 0 spiro atoms. The van der Waals surface area contributed by atoms with Crippen LogP contribution in [-0.2, 0) is 4.79 Å². The van der Waals surface area contributed by atoms with Crippen LogP contribution in [0.1, 0.15) is 5.56 Å². The van der Waals surface area contributed by atoms with E-state index in [0.29, 0.717) is 23.2 Å². The van der Waals surface area contributed by atoms with Gasteiger partial charge in [-0.05, 0) is 42.0 Å². The number of nitrogens with zero attached hydrogens (tertiary/aromatic N) is 1. The zero-order chi connectivity index (χ0) is 21.3. The van der Waals surface area contributed by atoms with Crippen molar-refractivity contribution in [1.29, 1.82) is 0 Å². The van der Waals surface area contributed by atoms with E-state index in [0.717, 1.165) is 22.6 Å². The molecule has 0 aliphatic heterocycles. The highest BCUT2D eigenvalue weighted by Gasteiger charge is 2.10. The van der Waals surface area contributed by atoms with E-state index in [1.807, 2.05) is 47.8 Å². The Bertz CT molecular complexity index is 1040. The van der Waals surface area contributed by atoms with Crippen molar-refractivity contribution in [1.82, 2.24) is 4.98 Å². The van der Waals surface area contributed by atoms with Crippen LogP contribution < -0.4 is 19.5 Å². The zero-order valence-corrected chi connectivity index (χ0v) is 17.6. The highest BCUT2D eigenvalue weighted by molar-refractivity contribution is 7.14. The molecule has 0 unspecified atom stereocenters. The molecule has 3 rings (SSSR count). The van der Waals surface area contributed by atoms with E-state index in [9.17, 15) is 4.79 Å². The van der Waals surface area contributed by atoms with Gasteiger partial charge < -0.3 is 14.2 Å². The van der Waals surface area contributed by atoms with Crippen LogP contribution in [0.5, 0.6) is 17.2 Å². The lowest BCUT2D eigenvalue weighted by Gasteiger charge is -2.08. The molecule has 0 saturated carbocycles. The summed E-state index contributed by atoms with van der Waals surface area (Å²) in [7, 11) is 3.18. The van der Waals surface area contributed by atoms with Crippen molar-refractivity contribution in [3.8, 4) is 28.5 Å². The number of rotatable bonds is 9. The second-order valence-electron chi connectivity index (χ2n) is 6.10. The summed E-state index contributed by atoms with van der Waals surface area (Å²) in [5.41, 5.74) is 2.51. The van der Waals surface area contributed by atoms with Gasteiger partial charge in [0, 0.05) is 17.0 Å². The molecule has 2 aromatic carbocycles. The molecule has 30 heavy (non-hydrogen) atoms. The minimum atomic E-state index is -0.254. The van der Waals surface area contributed by atoms with Crippen LogP contribution in [0.3, 0.4) is 0 Å². The van der Waals surface area contributed by atoms with Gasteiger partial charge in [0.1, 0.15) is 12.4 Å². The lowest BCUT2D eigenvalue weighted by atomic mass is 10.1. The van der Waals surface area contributed by atoms with Crippen LogP contribution in [0.2, 0.25) is 0 Å². The lowest BCUT2D eigenvalue weighted by molar-refractivity contribution is -0.111. The third kappa shape index (κ3) is 5.48. The number of thiazole rings is 1. The molecule has 3 aromatic rings. The summed E-state index contributed by atoms with van der Waals surface area (Å²) in [5.74, 6) is 1.77. The van der Waals surface area contributed by atoms with Crippen LogP contribution in [-0.4, -0.2) is 31.7 Å². The number of hydrogen-bond acceptors (Lipinski definition) is 6. The molecule has 0 bridgehead atoms. The Balaban J connectivity index is 1.62. The van der Waals surface area contributed by atoms with E-state index in [2.05, 4.69) is 16.9 Å². The molecule has 0 radical (unpaired) electrons. The average molecular weight is 423 g/mol. The number of aromatic nitrogens is 1. The number of nitrogens with one attached hydrogen (secondary N) is 1. The molecule has 7 heteroatoms. The van der Waals surface area contributed by atoms with Crippen molar-refractivity contribution in [3.05, 3.63) is 72.1 Å². The Morgan fingerprint density at radius 1 is 1.13 bits per heavy atom. The van der Waals surface area contributed by atoms with Crippen LogP contribution in [0.4, 0.5) is 5.13 Å². The topological polar surface area (TPSA) is 69.7 Å². The second-order valence-corrected chi connectivity index (χ2v) is 6.96. The Kier molecular flexibility index (Phi) is 7.24. The van der Waals surface area contributed by atoms with E-state index >= 15 is 0 Å². The maximum atomic E-state index is 12.2. The Hall–Kier alpha value is -3.58. The van der Waals surface area contributed by atoms with Gasteiger partial charge in [0.05, 0.1) is 19.9 Å². The number of benzene rings is 2. The highest BCUT2D eigenvalue weighted by Crippen LogP contribution is 2.33. The summed E-state index contributed by atoms with van der Waals surface area (Å²) in [4.78, 5) is 16.7. The van der Waals surface area contributed by atoms with Gasteiger partial charge in [0.25, 0.3) is 0 Å². The van der Waals surface area contributed by atoms with Gasteiger partial charge in [-0.1, -0.05) is 24.8 Å². The number of carbonyl (C=O) groups excluding carboxylic acids is 1. The molecule has 1 heterocycles. The first-order chi connectivity index (χ1) is 14.6. The number of methoxy groups -OCH3 is 2. The second kappa shape index (κ2) is 10.3. The van der Waals surface area contributed by atoms with Gasteiger partial charge in [-0.2, -0.15) is 0 Å². The van der Waals surface area contributed by atoms with Crippen molar-refractivity contribution < 1.29 is 19.0 Å². The normalized spacial score (nSPS) is 10.6. The van der Waals surface area contributed by atoms with E-state index < -0.39 is 0 Å². The SMILES string of the molecule is C=CCOc1ccc(/C=C/C(=O)Nc2nc(-c3ccc(OC)c(OC)c3)cs2)cc1. The highest BCUT2D eigenvalue weighted by atomic mass is 32.1. The predicted molar refractivity (Wildman–Crippen MR) is 120 cm³/mol. The number of hydrogen-bond donors (Lipinski definition) is 1. The van der Waals surface area contributed by atoms with Crippen molar-refractivity contribution in [2.75, 3.05) is 26.1 Å². The summed E-state index contributed by atoms with van der Waals surface area (Å²) in [6.07, 6.45) is 4.89. The van der Waals surface area contributed by atoms with Crippen LogP contribution in [0, 0.1) is 0 Å². The van der Waals surface area contributed by atoms with E-state index in [-0.39, 0.29) is 5.91 Å². The van der Waals surface area contributed by atoms with Crippen molar-refractivity contribution in [2.24, 2.45) is 0 Å². The molecular formula is C23H22N2O4S. The molecule has 1 aromatic heterocycles. The molecule has 6 nitrogen and oxygen atoms in total. The van der Waals surface area contributed by atoms with Crippen LogP contribution in [0.15, 0.2) is 66.6 Å². The van der Waals surface area contributed by atoms with E-state index in [1.54, 1.807) is 26.4 Å². The fourth-order valence-corrected chi connectivity index (χ4v) is 3.33. The molecule has 0 saturated heterocycles. The van der Waals surface area contributed by atoms with Gasteiger partial charge in [-0.25, -0.2) is 4.98 Å². The largest absolute Gasteiger partial charge is 0.493 e. The third-order valence-electron chi connectivity index (χ3n) is 4.09. The standard InChI is InChI=1S/C23H22N2O4S/c1-4-13-29-18-9-5-16(6-10-18)7-12-22(26)25-23-24-19(15-30-23)17-8-11-20(27-2)21(14-17)28-3/h4-12,14-15H,1,13H2,2-3H3,(H,24,25,26)/b12-7+. The fraction of sp³-hybridized carbons (Fsp3) is 0.130. The molecular weight excluding hydrogens is 400 g/mol. The van der Waals surface area contributed by atoms with Crippen molar-refractivity contribution in [2.45, 2.75) is 0 Å².